The van der Waals surface area contributed by atoms with Gasteiger partial charge in [0.2, 0.25) is 0 Å². The lowest BCUT2D eigenvalue weighted by molar-refractivity contribution is -0.146. The Morgan fingerprint density at radius 2 is 1.67 bits per heavy atom. The van der Waals surface area contributed by atoms with Crippen LogP contribution in [0.5, 0.6) is 0 Å². The van der Waals surface area contributed by atoms with Gasteiger partial charge in [0.05, 0.1) is 0 Å². The predicted molar refractivity (Wildman–Crippen MR) is 54.4 cm³/mol. The number of aliphatic carboxylic acids is 1. The molecule has 0 unspecified atom stereocenters. The lowest BCUT2D eigenvalue weighted by Gasteiger charge is -1.99. The highest BCUT2D eigenvalue weighted by molar-refractivity contribution is 6.38. The molecule has 0 aliphatic heterocycles. The number of ketones is 1. The maximum atomic E-state index is 10.8. The second kappa shape index (κ2) is 4.41. The van der Waals surface area contributed by atoms with Gasteiger partial charge < -0.3 is 10.2 Å². The van der Waals surface area contributed by atoms with Crippen molar-refractivity contribution in [2.75, 3.05) is 0 Å². The lowest BCUT2D eigenvalue weighted by Crippen LogP contribution is -2.09. The molecule has 0 heterocycles. The van der Waals surface area contributed by atoms with Gasteiger partial charge in [-0.25, -0.2) is 4.79 Å². The molecule has 1 aromatic carbocycles. The molecule has 0 aliphatic rings. The quantitative estimate of drug-likeness (QED) is 0.447. The molecule has 0 atom stereocenters. The van der Waals surface area contributed by atoms with E-state index < -0.39 is 11.8 Å². The van der Waals surface area contributed by atoms with E-state index in [-0.39, 0.29) is 5.76 Å². The number of carboxylic acids is 1. The first-order valence-corrected chi connectivity index (χ1v) is 4.25. The zero-order chi connectivity index (χ0) is 11.4. The number of aryl methyl sites for hydroxylation is 1. The van der Waals surface area contributed by atoms with Gasteiger partial charge in [-0.05, 0) is 6.92 Å². The zero-order valence-electron chi connectivity index (χ0n) is 8.10. The molecule has 0 fully saturated rings. The third-order valence-electron chi connectivity index (χ3n) is 1.83. The van der Waals surface area contributed by atoms with Crippen molar-refractivity contribution in [3.8, 4) is 0 Å². The Labute approximate surface area is 86.5 Å². The van der Waals surface area contributed by atoms with Crippen LogP contribution in [0.3, 0.4) is 0 Å². The molecule has 1 aromatic rings. The number of benzene rings is 1. The van der Waals surface area contributed by atoms with E-state index in [1.807, 2.05) is 6.92 Å². The standard InChI is InChI=1S/C11H10O4/c1-7-2-4-8(5-3-7)9(12)6-10(13)11(14)15/h2-6,12H,1H3,(H,14,15). The second-order valence-corrected chi connectivity index (χ2v) is 3.07. The summed E-state index contributed by atoms with van der Waals surface area (Å²) in [4.78, 5) is 21.0. The third kappa shape index (κ3) is 2.95. The first-order chi connectivity index (χ1) is 7.00. The number of carbonyl (C=O) groups excluding carboxylic acids is 1. The predicted octanol–water partition coefficient (Wildman–Crippen LogP) is 1.55. The van der Waals surface area contributed by atoms with E-state index in [0.29, 0.717) is 11.6 Å². The molecule has 4 nitrogen and oxygen atoms in total. The van der Waals surface area contributed by atoms with Crippen molar-refractivity contribution in [3.05, 3.63) is 41.5 Å². The van der Waals surface area contributed by atoms with Crippen LogP contribution in [0.2, 0.25) is 0 Å². The van der Waals surface area contributed by atoms with Crippen LogP contribution in [0.4, 0.5) is 0 Å². The molecule has 0 saturated heterocycles. The number of carboxylic acid groups (broad SMARTS) is 1. The van der Waals surface area contributed by atoms with Crippen LogP contribution in [0, 0.1) is 6.92 Å². The minimum atomic E-state index is -1.59. The number of rotatable bonds is 3. The van der Waals surface area contributed by atoms with Crippen LogP contribution < -0.4 is 0 Å². The normalized spacial score (nSPS) is 11.1. The van der Waals surface area contributed by atoms with Gasteiger partial charge in [0.15, 0.2) is 0 Å². The molecule has 0 bridgehead atoms. The van der Waals surface area contributed by atoms with Crippen LogP contribution in [0.15, 0.2) is 30.3 Å². The summed E-state index contributed by atoms with van der Waals surface area (Å²) in [6, 6.07) is 6.72. The number of carbonyl (C=O) groups is 2. The summed E-state index contributed by atoms with van der Waals surface area (Å²) < 4.78 is 0. The highest BCUT2D eigenvalue weighted by Crippen LogP contribution is 2.11. The molecule has 1 rings (SSSR count). The van der Waals surface area contributed by atoms with Crippen molar-refractivity contribution in [3.63, 3.8) is 0 Å². The summed E-state index contributed by atoms with van der Waals surface area (Å²) in [5, 5.41) is 17.7. The maximum absolute atomic E-state index is 10.8. The van der Waals surface area contributed by atoms with Gasteiger partial charge in [0, 0.05) is 11.6 Å². The first kappa shape index (κ1) is 11.0. The fourth-order valence-corrected chi connectivity index (χ4v) is 0.994. The molecule has 0 spiro atoms. The minimum Gasteiger partial charge on any atom is -0.507 e. The highest BCUT2D eigenvalue weighted by atomic mass is 16.4. The molecule has 0 aliphatic carbocycles. The fraction of sp³-hybridized carbons (Fsp3) is 0.0909. The molecule has 15 heavy (non-hydrogen) atoms. The van der Waals surface area contributed by atoms with Gasteiger partial charge in [0.25, 0.3) is 5.78 Å². The summed E-state index contributed by atoms with van der Waals surface area (Å²) in [6.07, 6.45) is 0.688. The van der Waals surface area contributed by atoms with E-state index in [9.17, 15) is 14.7 Å². The number of hydrogen-bond donors (Lipinski definition) is 2. The SMILES string of the molecule is Cc1ccc(C(O)=CC(=O)C(=O)O)cc1. The van der Waals surface area contributed by atoms with Crippen LogP contribution in [-0.4, -0.2) is 22.0 Å². The second-order valence-electron chi connectivity index (χ2n) is 3.07. The van der Waals surface area contributed by atoms with E-state index in [1.54, 1.807) is 24.3 Å². The Hall–Kier alpha value is -2.10. The Bertz CT molecular complexity index is 415. The Kier molecular flexibility index (Phi) is 3.23. The maximum Gasteiger partial charge on any atom is 0.376 e. The molecule has 0 saturated carbocycles. The van der Waals surface area contributed by atoms with Gasteiger partial charge in [-0.2, -0.15) is 0 Å². The zero-order valence-corrected chi connectivity index (χ0v) is 8.10. The molecule has 2 N–H and O–H groups in total. The van der Waals surface area contributed by atoms with Crippen LogP contribution in [-0.2, 0) is 9.59 Å². The van der Waals surface area contributed by atoms with Crippen molar-refractivity contribution in [2.45, 2.75) is 6.92 Å². The average Bonchev–Trinajstić information content (AvgIpc) is 2.18. The molecular weight excluding hydrogens is 196 g/mol. The minimum absolute atomic E-state index is 0.345. The summed E-state index contributed by atoms with van der Waals surface area (Å²) in [7, 11) is 0. The van der Waals surface area contributed by atoms with Crippen molar-refractivity contribution in [2.24, 2.45) is 0 Å². The van der Waals surface area contributed by atoms with E-state index >= 15 is 0 Å². The Morgan fingerprint density at radius 1 is 1.13 bits per heavy atom. The number of aliphatic hydroxyl groups is 1. The summed E-state index contributed by atoms with van der Waals surface area (Å²) in [5.41, 5.74) is 1.42. The van der Waals surface area contributed by atoms with Crippen molar-refractivity contribution in [1.29, 1.82) is 0 Å². The van der Waals surface area contributed by atoms with Gasteiger partial charge >= 0.3 is 5.97 Å². The third-order valence-corrected chi connectivity index (χ3v) is 1.83. The Morgan fingerprint density at radius 3 is 2.13 bits per heavy atom. The van der Waals surface area contributed by atoms with Crippen LogP contribution in [0.25, 0.3) is 5.76 Å². The highest BCUT2D eigenvalue weighted by Gasteiger charge is 2.09. The molecule has 0 aromatic heterocycles. The molecule has 0 radical (unpaired) electrons. The van der Waals surface area contributed by atoms with Gasteiger partial charge in [-0.15, -0.1) is 0 Å². The summed E-state index contributed by atoms with van der Waals surface area (Å²) in [5.74, 6) is -3.08. The molecule has 0 amide bonds. The number of hydrogen-bond acceptors (Lipinski definition) is 3. The smallest absolute Gasteiger partial charge is 0.376 e. The van der Waals surface area contributed by atoms with Crippen LogP contribution in [0.1, 0.15) is 11.1 Å². The van der Waals surface area contributed by atoms with Gasteiger partial charge in [0.1, 0.15) is 5.76 Å². The van der Waals surface area contributed by atoms with Crippen molar-refractivity contribution < 1.29 is 19.8 Å². The van der Waals surface area contributed by atoms with Gasteiger partial charge in [-0.3, -0.25) is 4.79 Å². The van der Waals surface area contributed by atoms with E-state index in [0.717, 1.165) is 5.56 Å². The molecular formula is C11H10O4. The van der Waals surface area contributed by atoms with Crippen molar-refractivity contribution >= 4 is 17.5 Å². The first-order valence-electron chi connectivity index (χ1n) is 4.25. The number of aliphatic hydroxyl groups excluding tert-OH is 1. The van der Waals surface area contributed by atoms with E-state index in [1.165, 1.54) is 0 Å². The lowest BCUT2D eigenvalue weighted by atomic mass is 10.1. The van der Waals surface area contributed by atoms with Crippen molar-refractivity contribution in [1.82, 2.24) is 0 Å². The van der Waals surface area contributed by atoms with Gasteiger partial charge in [-0.1, -0.05) is 29.8 Å². The monoisotopic (exact) mass is 206 g/mol. The van der Waals surface area contributed by atoms with Crippen LogP contribution >= 0.6 is 0 Å². The summed E-state index contributed by atoms with van der Waals surface area (Å²) >= 11 is 0. The molecule has 78 valence electrons. The fourth-order valence-electron chi connectivity index (χ4n) is 0.994. The largest absolute Gasteiger partial charge is 0.507 e. The topological polar surface area (TPSA) is 74.6 Å². The summed E-state index contributed by atoms with van der Waals surface area (Å²) in [6.45, 7) is 1.88. The average molecular weight is 206 g/mol. The Balaban J connectivity index is 2.94. The van der Waals surface area contributed by atoms with E-state index in [2.05, 4.69) is 0 Å². The van der Waals surface area contributed by atoms with E-state index in [4.69, 9.17) is 5.11 Å². The molecule has 4 heteroatoms.